The van der Waals surface area contributed by atoms with Crippen molar-refractivity contribution in [2.75, 3.05) is 0 Å². The van der Waals surface area contributed by atoms with Crippen LogP contribution in [0.1, 0.15) is 0 Å². The summed E-state index contributed by atoms with van der Waals surface area (Å²) in [4.78, 5) is 19.9. The van der Waals surface area contributed by atoms with Crippen LogP contribution in [-0.4, -0.2) is 19.9 Å². The van der Waals surface area contributed by atoms with Gasteiger partial charge in [0.25, 0.3) is 0 Å². The first-order chi connectivity index (χ1) is 24.2. The average molecular weight is 627 g/mol. The minimum absolute atomic E-state index is 0.543. The van der Waals surface area contributed by atoms with Gasteiger partial charge in [-0.25, -0.2) is 19.9 Å². The number of hydrogen-bond donors (Lipinski definition) is 0. The van der Waals surface area contributed by atoms with E-state index in [0.29, 0.717) is 28.8 Å². The molecule has 10 aromatic rings. The van der Waals surface area contributed by atoms with Gasteiger partial charge in [-0.15, -0.1) is 0 Å². The molecule has 0 atom stereocenters. The fourth-order valence-electron chi connectivity index (χ4n) is 6.89. The van der Waals surface area contributed by atoms with Crippen LogP contribution in [0.15, 0.2) is 162 Å². The van der Waals surface area contributed by atoms with E-state index in [-0.39, 0.29) is 0 Å². The maximum Gasteiger partial charge on any atom is 0.227 e. The van der Waals surface area contributed by atoms with Gasteiger partial charge in [-0.05, 0) is 73.8 Å². The summed E-state index contributed by atoms with van der Waals surface area (Å²) in [7, 11) is 0. The molecule has 0 radical (unpaired) electrons. The fourth-order valence-corrected chi connectivity index (χ4v) is 6.89. The first-order valence-electron chi connectivity index (χ1n) is 16.3. The van der Waals surface area contributed by atoms with Crippen molar-refractivity contribution in [2.45, 2.75) is 0 Å². The number of aromatic nitrogens is 4. The zero-order valence-electron chi connectivity index (χ0n) is 26.2. The predicted molar refractivity (Wildman–Crippen MR) is 199 cm³/mol. The zero-order valence-corrected chi connectivity index (χ0v) is 26.2. The van der Waals surface area contributed by atoms with Crippen molar-refractivity contribution >= 4 is 54.4 Å². The van der Waals surface area contributed by atoms with Gasteiger partial charge in [-0.1, -0.05) is 121 Å². The van der Waals surface area contributed by atoms with Crippen molar-refractivity contribution in [2.24, 2.45) is 0 Å². The Kier molecular flexibility index (Phi) is 6.11. The lowest BCUT2D eigenvalue weighted by atomic mass is 9.99. The summed E-state index contributed by atoms with van der Waals surface area (Å²) < 4.78 is 6.48. The average Bonchev–Trinajstić information content (AvgIpc) is 3.57. The highest BCUT2D eigenvalue weighted by Crippen LogP contribution is 2.40. The van der Waals surface area contributed by atoms with E-state index in [4.69, 9.17) is 19.4 Å². The Bertz CT molecular complexity index is 2890. The van der Waals surface area contributed by atoms with Crippen molar-refractivity contribution in [3.05, 3.63) is 158 Å². The molecule has 3 heterocycles. The summed E-state index contributed by atoms with van der Waals surface area (Å²) in [5.41, 5.74) is 6.20. The first-order valence-corrected chi connectivity index (χ1v) is 16.3. The summed E-state index contributed by atoms with van der Waals surface area (Å²) in [6.07, 6.45) is 1.76. The molecule has 3 aromatic heterocycles. The van der Waals surface area contributed by atoms with Crippen LogP contribution >= 0.6 is 0 Å². The number of hydrogen-bond acceptors (Lipinski definition) is 5. The monoisotopic (exact) mass is 626 g/mol. The van der Waals surface area contributed by atoms with E-state index in [1.54, 1.807) is 6.20 Å². The standard InChI is InChI=1S/C44H26N4O/c1-3-10-31-24-33(21-17-27(31)8-1)29-15-19-30(20-16-29)41-46-42(35-22-18-28-9-2-4-11-32(28)25-35)48-43(47-41)38-26-34-12-5-6-13-36(34)39-37-14-7-23-45-44(37)49-40(38)39/h1-26H. The van der Waals surface area contributed by atoms with Crippen molar-refractivity contribution in [3.63, 3.8) is 0 Å². The lowest BCUT2D eigenvalue weighted by Crippen LogP contribution is -2.00. The summed E-state index contributed by atoms with van der Waals surface area (Å²) in [6, 6.07) is 52.6. The van der Waals surface area contributed by atoms with Gasteiger partial charge >= 0.3 is 0 Å². The van der Waals surface area contributed by atoms with Crippen LogP contribution in [0.2, 0.25) is 0 Å². The van der Waals surface area contributed by atoms with Gasteiger partial charge < -0.3 is 4.42 Å². The molecule has 0 saturated heterocycles. The van der Waals surface area contributed by atoms with Crippen LogP contribution in [-0.2, 0) is 0 Å². The fraction of sp³-hybridized carbons (Fsp3) is 0. The molecule has 228 valence electrons. The summed E-state index contributed by atoms with van der Waals surface area (Å²) in [6.45, 7) is 0. The molecule has 10 rings (SSSR count). The Morgan fingerprint density at radius 3 is 1.69 bits per heavy atom. The third kappa shape index (κ3) is 4.63. The van der Waals surface area contributed by atoms with Crippen LogP contribution in [0.5, 0.6) is 0 Å². The lowest BCUT2D eigenvalue weighted by molar-refractivity contribution is 0.655. The van der Waals surface area contributed by atoms with Crippen LogP contribution < -0.4 is 0 Å². The molecule has 0 unspecified atom stereocenters. The summed E-state index contributed by atoms with van der Waals surface area (Å²) in [5, 5.41) is 8.87. The first kappa shape index (κ1) is 27.4. The Balaban J connectivity index is 1.18. The van der Waals surface area contributed by atoms with E-state index in [0.717, 1.165) is 60.1 Å². The minimum Gasteiger partial charge on any atom is -0.437 e. The minimum atomic E-state index is 0.543. The highest BCUT2D eigenvalue weighted by molar-refractivity contribution is 6.21. The number of furan rings is 1. The van der Waals surface area contributed by atoms with E-state index in [9.17, 15) is 0 Å². The van der Waals surface area contributed by atoms with Crippen LogP contribution in [0.25, 0.3) is 99.7 Å². The molecule has 0 saturated carbocycles. The maximum absolute atomic E-state index is 6.48. The third-order valence-electron chi connectivity index (χ3n) is 9.35. The number of rotatable bonds is 4. The van der Waals surface area contributed by atoms with Crippen LogP contribution in [0, 0.1) is 0 Å². The normalized spacial score (nSPS) is 11.7. The van der Waals surface area contributed by atoms with Gasteiger partial charge in [0.2, 0.25) is 5.71 Å². The summed E-state index contributed by atoms with van der Waals surface area (Å²) >= 11 is 0. The Labute approximate surface area is 281 Å². The number of fused-ring (bicyclic) bond motifs is 7. The van der Waals surface area contributed by atoms with E-state index >= 15 is 0 Å². The van der Waals surface area contributed by atoms with E-state index in [2.05, 4.69) is 151 Å². The Morgan fingerprint density at radius 2 is 0.939 bits per heavy atom. The molecule has 5 heteroatoms. The van der Waals surface area contributed by atoms with Gasteiger partial charge in [0.1, 0.15) is 5.58 Å². The van der Waals surface area contributed by atoms with Crippen molar-refractivity contribution in [3.8, 4) is 45.3 Å². The molecule has 7 aromatic carbocycles. The molecule has 0 amide bonds. The molecule has 0 N–H and O–H groups in total. The van der Waals surface area contributed by atoms with Crippen molar-refractivity contribution < 1.29 is 4.42 Å². The Morgan fingerprint density at radius 1 is 0.388 bits per heavy atom. The summed E-state index contributed by atoms with van der Waals surface area (Å²) in [5.74, 6) is 1.73. The lowest BCUT2D eigenvalue weighted by Gasteiger charge is -2.11. The van der Waals surface area contributed by atoms with Gasteiger partial charge in [-0.2, -0.15) is 0 Å². The molecule has 0 aliphatic rings. The molecule has 0 bridgehead atoms. The van der Waals surface area contributed by atoms with Crippen LogP contribution in [0.4, 0.5) is 0 Å². The van der Waals surface area contributed by atoms with Crippen LogP contribution in [0.3, 0.4) is 0 Å². The van der Waals surface area contributed by atoms with E-state index in [1.807, 2.05) is 6.07 Å². The Hall–Kier alpha value is -6.72. The number of benzene rings is 7. The molecular weight excluding hydrogens is 601 g/mol. The topological polar surface area (TPSA) is 64.7 Å². The zero-order chi connectivity index (χ0) is 32.3. The quantitative estimate of drug-likeness (QED) is 0.194. The second-order valence-corrected chi connectivity index (χ2v) is 12.3. The van der Waals surface area contributed by atoms with Gasteiger partial charge in [0.05, 0.1) is 5.56 Å². The SMILES string of the molecule is c1ccc2cc(-c3ccc(-c4nc(-c5ccc6ccccc6c5)nc(-c5cc6ccccc6c6c5oc5ncccc56)n4)cc3)ccc2c1. The maximum atomic E-state index is 6.48. The molecule has 0 spiro atoms. The highest BCUT2D eigenvalue weighted by atomic mass is 16.3. The third-order valence-corrected chi connectivity index (χ3v) is 9.35. The number of nitrogens with zero attached hydrogens (tertiary/aromatic N) is 4. The molecule has 0 aliphatic carbocycles. The second kappa shape index (κ2) is 10.9. The van der Waals surface area contributed by atoms with Gasteiger partial charge in [-0.3, -0.25) is 0 Å². The molecule has 0 fully saturated rings. The van der Waals surface area contributed by atoms with E-state index in [1.165, 1.54) is 10.8 Å². The molecular formula is C44H26N4O. The van der Waals surface area contributed by atoms with Crippen molar-refractivity contribution in [1.82, 2.24) is 19.9 Å². The van der Waals surface area contributed by atoms with Gasteiger partial charge in [0, 0.05) is 28.1 Å². The largest absolute Gasteiger partial charge is 0.437 e. The van der Waals surface area contributed by atoms with Crippen molar-refractivity contribution in [1.29, 1.82) is 0 Å². The molecule has 0 aliphatic heterocycles. The van der Waals surface area contributed by atoms with Gasteiger partial charge in [0.15, 0.2) is 17.5 Å². The number of pyridine rings is 1. The molecule has 49 heavy (non-hydrogen) atoms. The smallest absolute Gasteiger partial charge is 0.227 e. The molecule has 5 nitrogen and oxygen atoms in total. The van der Waals surface area contributed by atoms with E-state index < -0.39 is 0 Å². The highest BCUT2D eigenvalue weighted by Gasteiger charge is 2.20. The predicted octanol–water partition coefficient (Wildman–Crippen LogP) is 11.3. The second-order valence-electron chi connectivity index (χ2n) is 12.3.